The van der Waals surface area contributed by atoms with Crippen LogP contribution in [0.4, 0.5) is 0 Å². The minimum absolute atomic E-state index is 0.0514. The Labute approximate surface area is 121 Å². The molecule has 0 unspecified atom stereocenters. The van der Waals surface area contributed by atoms with Crippen LogP contribution in [0.3, 0.4) is 0 Å². The van der Waals surface area contributed by atoms with Gasteiger partial charge in [-0.15, -0.1) is 11.3 Å². The first-order chi connectivity index (χ1) is 9.61. The molecule has 0 aliphatic heterocycles. The predicted octanol–water partition coefficient (Wildman–Crippen LogP) is 3.22. The van der Waals surface area contributed by atoms with Crippen LogP contribution >= 0.6 is 11.3 Å². The second-order valence-electron chi connectivity index (χ2n) is 4.11. The van der Waals surface area contributed by atoms with E-state index >= 15 is 0 Å². The molecule has 1 heterocycles. The fraction of sp³-hybridized carbons (Fsp3) is 0.200. The Hall–Kier alpha value is -2.14. The van der Waals surface area contributed by atoms with Gasteiger partial charge in [0.2, 0.25) is 5.78 Å². The summed E-state index contributed by atoms with van der Waals surface area (Å²) in [6, 6.07) is 8.47. The van der Waals surface area contributed by atoms with Crippen LogP contribution in [0, 0.1) is 0 Å². The average Bonchev–Trinajstić information content (AvgIpc) is 2.98. The van der Waals surface area contributed by atoms with Crippen LogP contribution in [-0.2, 0) is 0 Å². The van der Waals surface area contributed by atoms with Gasteiger partial charge in [-0.3, -0.25) is 9.59 Å². The van der Waals surface area contributed by atoms with Crippen molar-refractivity contribution in [2.75, 3.05) is 13.7 Å². The Balaban J connectivity index is 2.09. The third kappa shape index (κ3) is 3.24. The monoisotopic (exact) mass is 290 g/mol. The standard InChI is InChI=1S/C15H14O4S/c1-10(16)11-5-6-13(14(8-11)18-2)19-9-12(17)15-4-3-7-20-15/h3-8H,9H2,1-2H3. The third-order valence-electron chi connectivity index (χ3n) is 2.72. The largest absolute Gasteiger partial charge is 0.493 e. The fourth-order valence-electron chi connectivity index (χ4n) is 1.66. The van der Waals surface area contributed by atoms with Crippen molar-refractivity contribution in [3.63, 3.8) is 0 Å². The van der Waals surface area contributed by atoms with Gasteiger partial charge >= 0.3 is 0 Å². The molecular formula is C15H14O4S. The SMILES string of the molecule is COc1cc(C(C)=O)ccc1OCC(=O)c1cccs1. The van der Waals surface area contributed by atoms with E-state index in [9.17, 15) is 9.59 Å². The maximum atomic E-state index is 11.8. The molecule has 1 aromatic heterocycles. The van der Waals surface area contributed by atoms with Crippen molar-refractivity contribution in [3.8, 4) is 11.5 Å². The summed E-state index contributed by atoms with van der Waals surface area (Å²) in [5.41, 5.74) is 0.541. The summed E-state index contributed by atoms with van der Waals surface area (Å²) in [5.74, 6) is 0.751. The molecule has 4 nitrogen and oxygen atoms in total. The molecule has 0 aliphatic carbocycles. The summed E-state index contributed by atoms with van der Waals surface area (Å²) in [7, 11) is 1.49. The second-order valence-corrected chi connectivity index (χ2v) is 5.06. The number of benzene rings is 1. The van der Waals surface area contributed by atoms with Gasteiger partial charge in [0.1, 0.15) is 0 Å². The van der Waals surface area contributed by atoms with E-state index < -0.39 is 0 Å². The van der Waals surface area contributed by atoms with Gasteiger partial charge in [0.05, 0.1) is 12.0 Å². The van der Waals surface area contributed by atoms with Crippen LogP contribution < -0.4 is 9.47 Å². The van der Waals surface area contributed by atoms with Crippen molar-refractivity contribution >= 4 is 22.9 Å². The lowest BCUT2D eigenvalue weighted by atomic mass is 10.1. The van der Waals surface area contributed by atoms with Crippen LogP contribution in [0.1, 0.15) is 27.0 Å². The van der Waals surface area contributed by atoms with Crippen LogP contribution in [0.25, 0.3) is 0 Å². The zero-order valence-corrected chi connectivity index (χ0v) is 12.0. The number of methoxy groups -OCH3 is 1. The molecule has 1 aromatic carbocycles. The predicted molar refractivity (Wildman–Crippen MR) is 77.1 cm³/mol. The number of ketones is 2. The number of hydrogen-bond donors (Lipinski definition) is 0. The molecule has 5 heteroatoms. The number of hydrogen-bond acceptors (Lipinski definition) is 5. The van der Waals surface area contributed by atoms with Crippen LogP contribution in [0.2, 0.25) is 0 Å². The Kier molecular flexibility index (Phi) is 4.53. The first-order valence-corrected chi connectivity index (χ1v) is 6.88. The Morgan fingerprint density at radius 2 is 2.00 bits per heavy atom. The molecule has 0 spiro atoms. The molecule has 0 aliphatic rings. The van der Waals surface area contributed by atoms with Crippen molar-refractivity contribution < 1.29 is 19.1 Å². The van der Waals surface area contributed by atoms with Crippen molar-refractivity contribution in [1.29, 1.82) is 0 Å². The topological polar surface area (TPSA) is 52.6 Å². The highest BCUT2D eigenvalue weighted by molar-refractivity contribution is 7.12. The fourth-order valence-corrected chi connectivity index (χ4v) is 2.31. The average molecular weight is 290 g/mol. The van der Waals surface area contributed by atoms with E-state index in [1.165, 1.54) is 25.4 Å². The normalized spacial score (nSPS) is 10.1. The van der Waals surface area contributed by atoms with Crippen molar-refractivity contribution in [3.05, 3.63) is 46.2 Å². The Morgan fingerprint density at radius 1 is 1.20 bits per heavy atom. The van der Waals surface area contributed by atoms with Gasteiger partial charge in [0.25, 0.3) is 0 Å². The molecule has 0 N–H and O–H groups in total. The van der Waals surface area contributed by atoms with Crippen molar-refractivity contribution in [2.45, 2.75) is 6.92 Å². The highest BCUT2D eigenvalue weighted by Crippen LogP contribution is 2.28. The molecule has 20 heavy (non-hydrogen) atoms. The maximum Gasteiger partial charge on any atom is 0.210 e. The summed E-state index contributed by atoms with van der Waals surface area (Å²) >= 11 is 1.38. The number of ether oxygens (including phenoxy) is 2. The van der Waals surface area contributed by atoms with E-state index in [1.54, 1.807) is 24.3 Å². The van der Waals surface area contributed by atoms with E-state index in [1.807, 2.05) is 11.4 Å². The van der Waals surface area contributed by atoms with Crippen molar-refractivity contribution in [2.24, 2.45) is 0 Å². The van der Waals surface area contributed by atoms with Gasteiger partial charge in [-0.05, 0) is 36.6 Å². The van der Waals surface area contributed by atoms with E-state index in [2.05, 4.69) is 0 Å². The van der Waals surface area contributed by atoms with E-state index in [-0.39, 0.29) is 18.2 Å². The van der Waals surface area contributed by atoms with Crippen LogP contribution in [0.5, 0.6) is 11.5 Å². The molecule has 104 valence electrons. The summed E-state index contributed by atoms with van der Waals surface area (Å²) in [6.45, 7) is 1.42. The van der Waals surface area contributed by atoms with E-state index in [0.717, 1.165) is 0 Å². The lowest BCUT2D eigenvalue weighted by Crippen LogP contribution is -2.10. The summed E-state index contributed by atoms with van der Waals surface area (Å²) in [6.07, 6.45) is 0. The lowest BCUT2D eigenvalue weighted by molar-refractivity contribution is 0.0922. The molecule has 0 saturated carbocycles. The molecule has 2 rings (SSSR count). The summed E-state index contributed by atoms with van der Waals surface area (Å²) < 4.78 is 10.6. The molecule has 0 atom stereocenters. The van der Waals surface area contributed by atoms with Gasteiger partial charge in [-0.2, -0.15) is 0 Å². The number of thiophene rings is 1. The molecular weight excluding hydrogens is 276 g/mol. The first kappa shape index (κ1) is 14.3. The van der Waals surface area contributed by atoms with Crippen LogP contribution in [0.15, 0.2) is 35.7 Å². The number of carbonyl (C=O) groups is 2. The lowest BCUT2D eigenvalue weighted by Gasteiger charge is -2.10. The van der Waals surface area contributed by atoms with Crippen molar-refractivity contribution in [1.82, 2.24) is 0 Å². The first-order valence-electron chi connectivity index (χ1n) is 6.00. The smallest absolute Gasteiger partial charge is 0.210 e. The minimum atomic E-state index is -0.0855. The van der Waals surface area contributed by atoms with Gasteiger partial charge < -0.3 is 9.47 Å². The molecule has 0 saturated heterocycles. The summed E-state index contributed by atoms with van der Waals surface area (Å²) in [4.78, 5) is 23.8. The molecule has 0 amide bonds. The molecule has 0 radical (unpaired) electrons. The van der Waals surface area contributed by atoms with Gasteiger partial charge in [-0.1, -0.05) is 6.07 Å². The molecule has 0 fully saturated rings. The minimum Gasteiger partial charge on any atom is -0.493 e. The zero-order chi connectivity index (χ0) is 14.5. The van der Waals surface area contributed by atoms with E-state index in [4.69, 9.17) is 9.47 Å². The highest BCUT2D eigenvalue weighted by Gasteiger charge is 2.12. The third-order valence-corrected chi connectivity index (χ3v) is 3.64. The number of Topliss-reactive ketones (excluding diaryl/α,β-unsaturated/α-hetero) is 2. The second kappa shape index (κ2) is 6.34. The molecule has 0 bridgehead atoms. The van der Waals surface area contributed by atoms with Gasteiger partial charge in [-0.25, -0.2) is 0 Å². The molecule has 2 aromatic rings. The van der Waals surface area contributed by atoms with Gasteiger partial charge in [0.15, 0.2) is 23.9 Å². The zero-order valence-electron chi connectivity index (χ0n) is 11.2. The maximum absolute atomic E-state index is 11.8. The highest BCUT2D eigenvalue weighted by atomic mass is 32.1. The van der Waals surface area contributed by atoms with Gasteiger partial charge in [0, 0.05) is 5.56 Å². The van der Waals surface area contributed by atoms with E-state index in [0.29, 0.717) is 21.9 Å². The Bertz CT molecular complexity index is 617. The summed E-state index contributed by atoms with van der Waals surface area (Å²) in [5, 5.41) is 1.84. The quantitative estimate of drug-likeness (QED) is 0.766. The number of carbonyl (C=O) groups excluding carboxylic acids is 2. The Morgan fingerprint density at radius 3 is 2.60 bits per heavy atom. The number of rotatable bonds is 6. The van der Waals surface area contributed by atoms with Crippen LogP contribution in [-0.4, -0.2) is 25.3 Å².